The van der Waals surface area contributed by atoms with Crippen molar-refractivity contribution in [3.8, 4) is 0 Å². The highest BCUT2D eigenvalue weighted by atomic mass is 79.9. The fourth-order valence-electron chi connectivity index (χ4n) is 0.916. The third-order valence-electron chi connectivity index (χ3n) is 1.56. The summed E-state index contributed by atoms with van der Waals surface area (Å²) in [6, 6.07) is 5.37. The molecule has 1 heterocycles. The van der Waals surface area contributed by atoms with Gasteiger partial charge in [0, 0.05) is 6.42 Å². The van der Waals surface area contributed by atoms with E-state index in [0.717, 1.165) is 0 Å². The molecule has 4 heteroatoms. The Hall–Kier alpha value is -1.16. The molecule has 1 rings (SSSR count). The van der Waals surface area contributed by atoms with Crippen LogP contribution in [0.15, 0.2) is 35.5 Å². The summed E-state index contributed by atoms with van der Waals surface area (Å²) in [7, 11) is 0. The number of halogens is 1. The Morgan fingerprint density at radius 3 is 3.07 bits per heavy atom. The lowest BCUT2D eigenvalue weighted by molar-refractivity contribution is -0.116. The molecular formula is C10H11BrN2O. The normalized spacial score (nSPS) is 9.50. The average Bonchev–Trinajstić information content (AvgIpc) is 2.15. The second kappa shape index (κ2) is 5.54. The van der Waals surface area contributed by atoms with Gasteiger partial charge >= 0.3 is 0 Å². The first-order valence-electron chi connectivity index (χ1n) is 4.25. The highest BCUT2D eigenvalue weighted by Crippen LogP contribution is 2.10. The highest BCUT2D eigenvalue weighted by Gasteiger charge is 2.01. The molecule has 0 aliphatic carbocycles. The molecule has 0 fully saturated rings. The maximum Gasteiger partial charge on any atom is 0.225 e. The van der Waals surface area contributed by atoms with Crippen molar-refractivity contribution in [2.45, 2.75) is 12.8 Å². The molecule has 0 unspecified atom stereocenters. The SMILES string of the molecule is C=CCCC(=O)Nc1cccc(Br)n1. The summed E-state index contributed by atoms with van der Waals surface area (Å²) < 4.78 is 0.707. The first kappa shape index (κ1) is 10.9. The molecule has 74 valence electrons. The Labute approximate surface area is 91.4 Å². The van der Waals surface area contributed by atoms with Crippen molar-refractivity contribution >= 4 is 27.7 Å². The zero-order valence-electron chi connectivity index (χ0n) is 7.66. The van der Waals surface area contributed by atoms with Gasteiger partial charge in [-0.15, -0.1) is 6.58 Å². The minimum Gasteiger partial charge on any atom is -0.311 e. The van der Waals surface area contributed by atoms with Gasteiger partial charge in [-0.25, -0.2) is 4.98 Å². The quantitative estimate of drug-likeness (QED) is 0.664. The summed E-state index contributed by atoms with van der Waals surface area (Å²) in [5, 5.41) is 2.69. The van der Waals surface area contributed by atoms with E-state index >= 15 is 0 Å². The zero-order valence-corrected chi connectivity index (χ0v) is 9.25. The van der Waals surface area contributed by atoms with Crippen LogP contribution in [0.25, 0.3) is 0 Å². The Bertz CT molecular complexity index is 339. The minimum atomic E-state index is -0.0458. The highest BCUT2D eigenvalue weighted by molar-refractivity contribution is 9.10. The second-order valence-corrected chi connectivity index (χ2v) is 3.53. The molecule has 1 aromatic heterocycles. The van der Waals surface area contributed by atoms with E-state index in [2.05, 4.69) is 32.8 Å². The van der Waals surface area contributed by atoms with Crippen LogP contribution in [0.3, 0.4) is 0 Å². The maximum atomic E-state index is 11.3. The van der Waals surface area contributed by atoms with Crippen LogP contribution in [0.1, 0.15) is 12.8 Å². The van der Waals surface area contributed by atoms with Crippen LogP contribution >= 0.6 is 15.9 Å². The predicted octanol–water partition coefficient (Wildman–Crippen LogP) is 2.75. The van der Waals surface area contributed by atoms with Crippen molar-refractivity contribution in [1.29, 1.82) is 0 Å². The van der Waals surface area contributed by atoms with Crippen molar-refractivity contribution < 1.29 is 4.79 Å². The van der Waals surface area contributed by atoms with Crippen molar-refractivity contribution in [3.05, 3.63) is 35.5 Å². The fraction of sp³-hybridized carbons (Fsp3) is 0.200. The number of pyridine rings is 1. The lowest BCUT2D eigenvalue weighted by Gasteiger charge is -2.02. The van der Waals surface area contributed by atoms with Gasteiger partial charge in [-0.05, 0) is 34.5 Å². The second-order valence-electron chi connectivity index (χ2n) is 2.72. The minimum absolute atomic E-state index is 0.0458. The van der Waals surface area contributed by atoms with E-state index in [0.29, 0.717) is 23.3 Å². The van der Waals surface area contributed by atoms with Gasteiger partial charge in [0.15, 0.2) is 0 Å². The molecule has 0 aliphatic heterocycles. The molecule has 0 bridgehead atoms. The Morgan fingerprint density at radius 1 is 1.64 bits per heavy atom. The van der Waals surface area contributed by atoms with Gasteiger partial charge in [-0.1, -0.05) is 12.1 Å². The van der Waals surface area contributed by atoms with Gasteiger partial charge < -0.3 is 5.32 Å². The van der Waals surface area contributed by atoms with Crippen LogP contribution in [0, 0.1) is 0 Å². The van der Waals surface area contributed by atoms with Crippen LogP contribution in [0.5, 0.6) is 0 Å². The summed E-state index contributed by atoms with van der Waals surface area (Å²) in [4.78, 5) is 15.3. The van der Waals surface area contributed by atoms with E-state index in [1.54, 1.807) is 18.2 Å². The summed E-state index contributed by atoms with van der Waals surface area (Å²) in [6.07, 6.45) is 2.84. The number of nitrogens with zero attached hydrogens (tertiary/aromatic N) is 1. The largest absolute Gasteiger partial charge is 0.311 e. The zero-order chi connectivity index (χ0) is 10.4. The van der Waals surface area contributed by atoms with Gasteiger partial charge in [0.2, 0.25) is 5.91 Å². The summed E-state index contributed by atoms with van der Waals surface area (Å²) >= 11 is 3.23. The molecule has 0 radical (unpaired) electrons. The van der Waals surface area contributed by atoms with Crippen molar-refractivity contribution in [3.63, 3.8) is 0 Å². The number of allylic oxidation sites excluding steroid dienone is 1. The number of rotatable bonds is 4. The molecule has 1 aromatic rings. The molecule has 0 aliphatic rings. The molecule has 1 N–H and O–H groups in total. The molecule has 0 aromatic carbocycles. The average molecular weight is 255 g/mol. The van der Waals surface area contributed by atoms with Crippen LogP contribution < -0.4 is 5.32 Å². The molecule has 3 nitrogen and oxygen atoms in total. The van der Waals surface area contributed by atoms with Gasteiger partial charge in [-0.2, -0.15) is 0 Å². The third kappa shape index (κ3) is 3.70. The van der Waals surface area contributed by atoms with Gasteiger partial charge in [0.1, 0.15) is 10.4 Å². The van der Waals surface area contributed by atoms with Gasteiger partial charge in [0.25, 0.3) is 0 Å². The number of amides is 1. The molecule has 0 atom stereocenters. The van der Waals surface area contributed by atoms with Crippen molar-refractivity contribution in [2.75, 3.05) is 5.32 Å². The molecule has 0 saturated heterocycles. The van der Waals surface area contributed by atoms with E-state index in [4.69, 9.17) is 0 Å². The maximum absolute atomic E-state index is 11.3. The smallest absolute Gasteiger partial charge is 0.225 e. The number of aromatic nitrogens is 1. The Balaban J connectivity index is 2.51. The lowest BCUT2D eigenvalue weighted by atomic mass is 10.3. The number of carbonyl (C=O) groups excluding carboxylic acids is 1. The molecule has 14 heavy (non-hydrogen) atoms. The molecule has 0 spiro atoms. The number of hydrogen-bond donors (Lipinski definition) is 1. The van der Waals surface area contributed by atoms with E-state index in [9.17, 15) is 4.79 Å². The van der Waals surface area contributed by atoms with E-state index in [-0.39, 0.29) is 5.91 Å². The number of nitrogens with one attached hydrogen (secondary N) is 1. The Kier molecular flexibility index (Phi) is 4.32. The van der Waals surface area contributed by atoms with Crippen LogP contribution in [-0.4, -0.2) is 10.9 Å². The number of carbonyl (C=O) groups is 1. The predicted molar refractivity (Wildman–Crippen MR) is 60.0 cm³/mol. The number of anilines is 1. The van der Waals surface area contributed by atoms with Crippen molar-refractivity contribution in [2.24, 2.45) is 0 Å². The fourth-order valence-corrected chi connectivity index (χ4v) is 1.26. The van der Waals surface area contributed by atoms with E-state index in [1.807, 2.05) is 6.07 Å². The first-order chi connectivity index (χ1) is 6.72. The van der Waals surface area contributed by atoms with Gasteiger partial charge in [-0.3, -0.25) is 4.79 Å². The summed E-state index contributed by atoms with van der Waals surface area (Å²) in [6.45, 7) is 3.55. The summed E-state index contributed by atoms with van der Waals surface area (Å²) in [5.41, 5.74) is 0. The van der Waals surface area contributed by atoms with E-state index in [1.165, 1.54) is 0 Å². The lowest BCUT2D eigenvalue weighted by Crippen LogP contribution is -2.11. The monoisotopic (exact) mass is 254 g/mol. The standard InChI is InChI=1S/C10H11BrN2O/c1-2-3-7-10(14)13-9-6-4-5-8(11)12-9/h2,4-6H,1,3,7H2,(H,12,13,14). The van der Waals surface area contributed by atoms with E-state index < -0.39 is 0 Å². The summed E-state index contributed by atoms with van der Waals surface area (Å²) in [5.74, 6) is 0.518. The Morgan fingerprint density at radius 2 is 2.43 bits per heavy atom. The van der Waals surface area contributed by atoms with Crippen LogP contribution in [-0.2, 0) is 4.79 Å². The van der Waals surface area contributed by atoms with Crippen LogP contribution in [0.2, 0.25) is 0 Å². The topological polar surface area (TPSA) is 42.0 Å². The number of hydrogen-bond acceptors (Lipinski definition) is 2. The van der Waals surface area contributed by atoms with Crippen molar-refractivity contribution in [1.82, 2.24) is 4.98 Å². The molecular weight excluding hydrogens is 244 g/mol. The van der Waals surface area contributed by atoms with Crippen LogP contribution in [0.4, 0.5) is 5.82 Å². The molecule has 1 amide bonds. The first-order valence-corrected chi connectivity index (χ1v) is 5.05. The van der Waals surface area contributed by atoms with Gasteiger partial charge in [0.05, 0.1) is 0 Å². The third-order valence-corrected chi connectivity index (χ3v) is 2.00. The molecule has 0 saturated carbocycles.